The SMILES string of the molecule is CCCc1noc(-c2cnc(C)nc2N2CCCC(C(=O)Nc3ncc(C)s3)C2)n1. The quantitative estimate of drug-likeness (QED) is 0.637. The lowest BCUT2D eigenvalue weighted by Crippen LogP contribution is -2.41. The first-order valence-electron chi connectivity index (χ1n) is 10.2. The van der Waals surface area contributed by atoms with Crippen molar-refractivity contribution in [1.29, 1.82) is 0 Å². The maximum atomic E-state index is 12.8. The average molecular weight is 428 g/mol. The monoisotopic (exact) mass is 427 g/mol. The predicted molar refractivity (Wildman–Crippen MR) is 114 cm³/mol. The smallest absolute Gasteiger partial charge is 0.263 e. The minimum Gasteiger partial charge on any atom is -0.355 e. The van der Waals surface area contributed by atoms with Crippen LogP contribution in [0, 0.1) is 19.8 Å². The Bertz CT molecular complexity index is 1030. The minimum atomic E-state index is -0.149. The van der Waals surface area contributed by atoms with Crippen LogP contribution in [-0.4, -0.2) is 44.1 Å². The van der Waals surface area contributed by atoms with Crippen LogP contribution in [0.4, 0.5) is 10.9 Å². The molecule has 1 atom stereocenters. The molecule has 1 N–H and O–H groups in total. The number of hydrogen-bond donors (Lipinski definition) is 1. The Kier molecular flexibility index (Phi) is 6.03. The van der Waals surface area contributed by atoms with Crippen LogP contribution in [0.1, 0.15) is 42.7 Å². The third-order valence-corrected chi connectivity index (χ3v) is 5.83. The molecule has 3 aromatic heterocycles. The van der Waals surface area contributed by atoms with E-state index in [0.29, 0.717) is 34.8 Å². The lowest BCUT2D eigenvalue weighted by atomic mass is 9.97. The summed E-state index contributed by atoms with van der Waals surface area (Å²) in [5.74, 6) is 2.32. The van der Waals surface area contributed by atoms with Crippen molar-refractivity contribution in [3.05, 3.63) is 28.9 Å². The molecule has 0 radical (unpaired) electrons. The van der Waals surface area contributed by atoms with Crippen molar-refractivity contribution in [2.24, 2.45) is 5.92 Å². The van der Waals surface area contributed by atoms with Crippen molar-refractivity contribution in [2.45, 2.75) is 46.5 Å². The van der Waals surface area contributed by atoms with Crippen LogP contribution in [0.2, 0.25) is 0 Å². The van der Waals surface area contributed by atoms with Crippen LogP contribution < -0.4 is 10.2 Å². The molecule has 4 rings (SSSR count). The molecular weight excluding hydrogens is 402 g/mol. The highest BCUT2D eigenvalue weighted by Crippen LogP contribution is 2.31. The number of amides is 1. The number of anilines is 2. The van der Waals surface area contributed by atoms with Gasteiger partial charge in [-0.25, -0.2) is 15.0 Å². The highest BCUT2D eigenvalue weighted by molar-refractivity contribution is 7.15. The standard InChI is InChI=1S/C20H25N7O2S/c1-4-6-16-24-19(29-26-16)15-10-21-13(3)23-17(15)27-8-5-7-14(11-27)18(28)25-20-22-9-12(2)30-20/h9-10,14H,4-8,11H2,1-3H3,(H,22,25,28). The predicted octanol–water partition coefficient (Wildman–Crippen LogP) is 3.41. The van der Waals surface area contributed by atoms with Gasteiger partial charge in [-0.2, -0.15) is 4.98 Å². The maximum Gasteiger partial charge on any atom is 0.263 e. The van der Waals surface area contributed by atoms with Gasteiger partial charge in [0.2, 0.25) is 5.91 Å². The summed E-state index contributed by atoms with van der Waals surface area (Å²) < 4.78 is 5.48. The van der Waals surface area contributed by atoms with Crippen LogP contribution >= 0.6 is 11.3 Å². The zero-order valence-corrected chi connectivity index (χ0v) is 18.2. The minimum absolute atomic E-state index is 0.00981. The number of aromatic nitrogens is 5. The molecule has 0 aromatic carbocycles. The van der Waals surface area contributed by atoms with Crippen molar-refractivity contribution in [2.75, 3.05) is 23.3 Å². The molecule has 1 fully saturated rings. The highest BCUT2D eigenvalue weighted by atomic mass is 32.1. The molecule has 158 valence electrons. The average Bonchev–Trinajstić information content (AvgIpc) is 3.37. The number of aryl methyl sites for hydroxylation is 3. The van der Waals surface area contributed by atoms with Gasteiger partial charge in [-0.1, -0.05) is 12.1 Å². The Labute approximate surface area is 179 Å². The highest BCUT2D eigenvalue weighted by Gasteiger charge is 2.29. The molecule has 3 aromatic rings. The molecule has 1 unspecified atom stereocenters. The van der Waals surface area contributed by atoms with Gasteiger partial charge in [-0.05, 0) is 33.1 Å². The second-order valence-corrected chi connectivity index (χ2v) is 8.71. The number of thiazole rings is 1. The van der Waals surface area contributed by atoms with E-state index in [0.717, 1.165) is 42.9 Å². The molecule has 0 aliphatic carbocycles. The molecular formula is C20H25N7O2S. The van der Waals surface area contributed by atoms with Gasteiger partial charge in [0.05, 0.1) is 5.92 Å². The number of piperidine rings is 1. The van der Waals surface area contributed by atoms with Crippen molar-refractivity contribution >= 4 is 28.2 Å². The van der Waals surface area contributed by atoms with E-state index < -0.39 is 0 Å². The molecule has 0 saturated carbocycles. The lowest BCUT2D eigenvalue weighted by Gasteiger charge is -2.33. The molecule has 4 heterocycles. The van der Waals surface area contributed by atoms with E-state index >= 15 is 0 Å². The summed E-state index contributed by atoms with van der Waals surface area (Å²) in [6, 6.07) is 0. The van der Waals surface area contributed by atoms with Gasteiger partial charge in [0.1, 0.15) is 17.2 Å². The van der Waals surface area contributed by atoms with E-state index in [1.165, 1.54) is 11.3 Å². The van der Waals surface area contributed by atoms with Crippen LogP contribution in [0.25, 0.3) is 11.5 Å². The van der Waals surface area contributed by atoms with Crippen LogP contribution in [0.3, 0.4) is 0 Å². The number of rotatable bonds is 6. The van der Waals surface area contributed by atoms with Gasteiger partial charge >= 0.3 is 0 Å². The van der Waals surface area contributed by atoms with E-state index in [1.54, 1.807) is 12.4 Å². The van der Waals surface area contributed by atoms with Crippen molar-refractivity contribution in [1.82, 2.24) is 25.1 Å². The molecule has 0 spiro atoms. The van der Waals surface area contributed by atoms with E-state index in [-0.39, 0.29) is 11.8 Å². The second-order valence-electron chi connectivity index (χ2n) is 7.47. The summed E-state index contributed by atoms with van der Waals surface area (Å²) in [6.07, 6.45) is 6.91. The van der Waals surface area contributed by atoms with Crippen LogP contribution in [-0.2, 0) is 11.2 Å². The number of nitrogens with one attached hydrogen (secondary N) is 1. The summed E-state index contributed by atoms with van der Waals surface area (Å²) >= 11 is 1.48. The van der Waals surface area contributed by atoms with Gasteiger partial charge in [0, 0.05) is 36.8 Å². The third kappa shape index (κ3) is 4.48. The Hall–Kier alpha value is -2.88. The molecule has 1 amide bonds. The van der Waals surface area contributed by atoms with Gasteiger partial charge in [-0.15, -0.1) is 11.3 Å². The largest absolute Gasteiger partial charge is 0.355 e. The summed E-state index contributed by atoms with van der Waals surface area (Å²) in [5.41, 5.74) is 0.701. The van der Waals surface area contributed by atoms with Gasteiger partial charge in [0.15, 0.2) is 11.0 Å². The van der Waals surface area contributed by atoms with Gasteiger partial charge in [0.25, 0.3) is 5.89 Å². The zero-order chi connectivity index (χ0) is 21.1. The van der Waals surface area contributed by atoms with Gasteiger partial charge in [-0.3, -0.25) is 4.79 Å². The molecule has 30 heavy (non-hydrogen) atoms. The van der Waals surface area contributed by atoms with E-state index in [4.69, 9.17) is 4.52 Å². The third-order valence-electron chi connectivity index (χ3n) is 5.00. The van der Waals surface area contributed by atoms with Gasteiger partial charge < -0.3 is 14.7 Å². The summed E-state index contributed by atoms with van der Waals surface area (Å²) in [4.78, 5) is 33.7. The maximum absolute atomic E-state index is 12.8. The van der Waals surface area contributed by atoms with Crippen LogP contribution in [0.15, 0.2) is 16.9 Å². The normalized spacial score (nSPS) is 16.6. The Balaban J connectivity index is 1.55. The first-order valence-corrected chi connectivity index (χ1v) is 11.0. The fraction of sp³-hybridized carbons (Fsp3) is 0.500. The number of nitrogens with zero attached hydrogens (tertiary/aromatic N) is 6. The summed E-state index contributed by atoms with van der Waals surface area (Å²) in [5, 5.41) is 7.64. The second kappa shape index (κ2) is 8.86. The van der Waals surface area contributed by atoms with Crippen molar-refractivity contribution in [3.8, 4) is 11.5 Å². The fourth-order valence-electron chi connectivity index (χ4n) is 3.54. The summed E-state index contributed by atoms with van der Waals surface area (Å²) in [6.45, 7) is 7.26. The summed E-state index contributed by atoms with van der Waals surface area (Å²) in [7, 11) is 0. The van der Waals surface area contributed by atoms with E-state index in [9.17, 15) is 4.79 Å². The Morgan fingerprint density at radius 3 is 2.93 bits per heavy atom. The zero-order valence-electron chi connectivity index (χ0n) is 17.4. The molecule has 1 aliphatic heterocycles. The topological polar surface area (TPSA) is 110 Å². The molecule has 10 heteroatoms. The van der Waals surface area contributed by atoms with Crippen molar-refractivity contribution < 1.29 is 9.32 Å². The Morgan fingerprint density at radius 1 is 1.30 bits per heavy atom. The first kappa shape index (κ1) is 20.4. The number of carbonyl (C=O) groups excluding carboxylic acids is 1. The molecule has 1 aliphatic rings. The fourth-order valence-corrected chi connectivity index (χ4v) is 4.21. The van der Waals surface area contributed by atoms with Crippen LogP contribution in [0.5, 0.6) is 0 Å². The molecule has 0 bridgehead atoms. The Morgan fingerprint density at radius 2 is 2.17 bits per heavy atom. The lowest BCUT2D eigenvalue weighted by molar-refractivity contribution is -0.120. The van der Waals surface area contributed by atoms with E-state index in [2.05, 4.69) is 42.2 Å². The first-order chi connectivity index (χ1) is 14.5. The number of carbonyl (C=O) groups is 1. The van der Waals surface area contributed by atoms with E-state index in [1.807, 2.05) is 13.8 Å². The van der Waals surface area contributed by atoms with Crippen molar-refractivity contribution in [3.63, 3.8) is 0 Å². The molecule has 9 nitrogen and oxygen atoms in total. The molecule has 1 saturated heterocycles. The number of hydrogen-bond acceptors (Lipinski definition) is 9.